The number of amides is 1. The van der Waals surface area contributed by atoms with Crippen LogP contribution in [-0.4, -0.2) is 55.5 Å². The molecule has 2 aliphatic heterocycles. The second-order valence-corrected chi connectivity index (χ2v) is 10.9. The molecule has 4 aromatic rings. The van der Waals surface area contributed by atoms with E-state index in [1.165, 1.54) is 11.0 Å². The van der Waals surface area contributed by atoms with Crippen LogP contribution in [0.3, 0.4) is 0 Å². The number of aliphatic hydroxyl groups is 1. The monoisotopic (exact) mass is 555 g/mol. The second kappa shape index (κ2) is 10.3. The molecule has 11 heteroatoms. The predicted octanol–water partition coefficient (Wildman–Crippen LogP) is 3.58. The number of halogens is 1. The Balaban J connectivity index is 1.19. The van der Waals surface area contributed by atoms with Gasteiger partial charge in [0.1, 0.15) is 11.6 Å². The van der Waals surface area contributed by atoms with Gasteiger partial charge >= 0.3 is 0 Å². The molecule has 3 aliphatic rings. The van der Waals surface area contributed by atoms with Crippen LogP contribution in [0.5, 0.6) is 0 Å². The minimum Gasteiger partial charge on any atom is -0.392 e. The fourth-order valence-corrected chi connectivity index (χ4v) is 5.90. The molecular formula is C30H30FN7O3. The van der Waals surface area contributed by atoms with Crippen molar-refractivity contribution in [2.24, 2.45) is 0 Å². The Bertz CT molecular complexity index is 1650. The van der Waals surface area contributed by atoms with Crippen molar-refractivity contribution < 1.29 is 19.0 Å². The number of anilines is 2. The highest BCUT2D eigenvalue weighted by Gasteiger charge is 2.33. The molecule has 10 nitrogen and oxygen atoms in total. The van der Waals surface area contributed by atoms with Crippen LogP contribution >= 0.6 is 0 Å². The highest BCUT2D eigenvalue weighted by molar-refractivity contribution is 6.09. The Morgan fingerprint density at radius 1 is 1.15 bits per heavy atom. The zero-order valence-corrected chi connectivity index (χ0v) is 22.5. The van der Waals surface area contributed by atoms with Gasteiger partial charge in [0.2, 0.25) is 5.95 Å². The number of aliphatic hydroxyl groups excluding tert-OH is 1. The second-order valence-electron chi connectivity index (χ2n) is 10.9. The summed E-state index contributed by atoms with van der Waals surface area (Å²) in [5, 5.41) is 14.9. The molecule has 1 amide bonds. The van der Waals surface area contributed by atoms with Crippen molar-refractivity contribution in [1.29, 1.82) is 0 Å². The first-order chi connectivity index (χ1) is 20.0. The van der Waals surface area contributed by atoms with Gasteiger partial charge in [-0.25, -0.2) is 9.37 Å². The van der Waals surface area contributed by atoms with E-state index in [4.69, 9.17) is 10.5 Å². The van der Waals surface area contributed by atoms with Crippen LogP contribution in [0.15, 0.2) is 42.7 Å². The number of nitrogens with two attached hydrogens (primary N) is 1. The first-order valence-corrected chi connectivity index (χ1v) is 14.0. The van der Waals surface area contributed by atoms with Crippen molar-refractivity contribution in [3.8, 4) is 11.4 Å². The maximum absolute atomic E-state index is 15.2. The number of benzene rings is 2. The number of nitrogen functional groups attached to an aromatic ring is 1. The molecule has 7 rings (SSSR count). The smallest absolute Gasteiger partial charge is 0.261 e. The number of hydrogen-bond acceptors (Lipinski definition) is 8. The quantitative estimate of drug-likeness (QED) is 0.354. The van der Waals surface area contributed by atoms with Gasteiger partial charge in [-0.1, -0.05) is 18.2 Å². The van der Waals surface area contributed by atoms with Gasteiger partial charge in [-0.05, 0) is 60.4 Å². The molecule has 3 N–H and O–H groups in total. The number of nitrogens with zero attached hydrogens (tertiary/aromatic N) is 6. The first kappa shape index (κ1) is 25.7. The van der Waals surface area contributed by atoms with E-state index in [0.717, 1.165) is 42.6 Å². The third-order valence-corrected chi connectivity index (χ3v) is 8.14. The summed E-state index contributed by atoms with van der Waals surface area (Å²) in [5.74, 6) is 0.294. The van der Waals surface area contributed by atoms with E-state index in [1.807, 2.05) is 16.9 Å². The normalized spacial score (nSPS) is 18.6. The average Bonchev–Trinajstić information content (AvgIpc) is 3.47. The largest absolute Gasteiger partial charge is 0.392 e. The maximum Gasteiger partial charge on any atom is 0.261 e. The van der Waals surface area contributed by atoms with Crippen LogP contribution in [-0.2, 0) is 24.2 Å². The van der Waals surface area contributed by atoms with Crippen molar-refractivity contribution in [3.63, 3.8) is 0 Å². The summed E-state index contributed by atoms with van der Waals surface area (Å²) in [6.07, 6.45) is 7.71. The van der Waals surface area contributed by atoms with Crippen LogP contribution in [0.2, 0.25) is 0 Å². The molecule has 0 spiro atoms. The molecule has 41 heavy (non-hydrogen) atoms. The number of carbonyl (C=O) groups is 1. The Morgan fingerprint density at radius 2 is 2.02 bits per heavy atom. The number of rotatable bonds is 7. The molecule has 210 valence electrons. The number of carbonyl (C=O) groups excluding carboxylic acids is 1. The van der Waals surface area contributed by atoms with Crippen molar-refractivity contribution in [1.82, 2.24) is 24.7 Å². The molecule has 1 aliphatic carbocycles. The molecule has 4 heterocycles. The fourth-order valence-electron chi connectivity index (χ4n) is 5.90. The van der Waals surface area contributed by atoms with E-state index < -0.39 is 11.7 Å². The zero-order chi connectivity index (χ0) is 28.1. The number of ether oxygens (including phenoxy) is 1. The molecule has 1 saturated carbocycles. The predicted molar refractivity (Wildman–Crippen MR) is 149 cm³/mol. The minimum atomic E-state index is -0.487. The summed E-state index contributed by atoms with van der Waals surface area (Å²) in [6.45, 7) is 1.37. The molecule has 1 atom stereocenters. The third-order valence-electron chi connectivity index (χ3n) is 8.14. The van der Waals surface area contributed by atoms with Crippen molar-refractivity contribution in [2.45, 2.75) is 50.7 Å². The molecule has 0 radical (unpaired) electrons. The summed E-state index contributed by atoms with van der Waals surface area (Å²) in [5.41, 5.74) is 10.3. The summed E-state index contributed by atoms with van der Waals surface area (Å²) in [6, 6.07) is 9.00. The van der Waals surface area contributed by atoms with Gasteiger partial charge < -0.3 is 20.5 Å². The summed E-state index contributed by atoms with van der Waals surface area (Å²) in [4.78, 5) is 28.5. The van der Waals surface area contributed by atoms with Crippen LogP contribution in [0.1, 0.15) is 69.7 Å². The lowest BCUT2D eigenvalue weighted by Gasteiger charge is -2.31. The summed E-state index contributed by atoms with van der Waals surface area (Å²) >= 11 is 0. The molecule has 2 fully saturated rings. The molecular weight excluding hydrogens is 525 g/mol. The van der Waals surface area contributed by atoms with E-state index in [0.29, 0.717) is 60.4 Å². The summed E-state index contributed by atoms with van der Waals surface area (Å²) in [7, 11) is 0. The average molecular weight is 556 g/mol. The Morgan fingerprint density at radius 3 is 2.80 bits per heavy atom. The van der Waals surface area contributed by atoms with Gasteiger partial charge in [0.25, 0.3) is 5.91 Å². The zero-order valence-electron chi connectivity index (χ0n) is 22.5. The van der Waals surface area contributed by atoms with Crippen molar-refractivity contribution in [2.75, 3.05) is 30.4 Å². The van der Waals surface area contributed by atoms with Crippen LogP contribution < -0.4 is 10.6 Å². The van der Waals surface area contributed by atoms with Gasteiger partial charge in [0.05, 0.1) is 36.7 Å². The van der Waals surface area contributed by atoms with Gasteiger partial charge in [0, 0.05) is 36.9 Å². The van der Waals surface area contributed by atoms with Crippen LogP contribution in [0, 0.1) is 5.82 Å². The Labute approximate surface area is 236 Å². The SMILES string of the molecule is Nc1nc(Cc2cnn([C@H]3CCOC3)c2)nc(-c2cccc(N3CCc4cc(C5CC5)cc(F)c4C3=O)c2CO)n1. The molecule has 0 bridgehead atoms. The Hall–Kier alpha value is -4.22. The molecule has 1 saturated heterocycles. The van der Waals surface area contributed by atoms with Crippen LogP contribution in [0.4, 0.5) is 16.0 Å². The van der Waals surface area contributed by atoms with Gasteiger partial charge in [0.15, 0.2) is 5.82 Å². The van der Waals surface area contributed by atoms with E-state index in [1.54, 1.807) is 24.4 Å². The highest BCUT2D eigenvalue weighted by atomic mass is 19.1. The van der Waals surface area contributed by atoms with E-state index in [2.05, 4.69) is 20.1 Å². The molecule has 0 unspecified atom stereocenters. The fraction of sp³-hybridized carbons (Fsp3) is 0.367. The maximum atomic E-state index is 15.2. The molecule has 2 aromatic carbocycles. The third kappa shape index (κ3) is 4.85. The van der Waals surface area contributed by atoms with Crippen molar-refractivity contribution in [3.05, 3.63) is 82.2 Å². The summed E-state index contributed by atoms with van der Waals surface area (Å²) < 4.78 is 22.6. The van der Waals surface area contributed by atoms with Crippen molar-refractivity contribution >= 4 is 17.5 Å². The molecule has 2 aromatic heterocycles. The highest BCUT2D eigenvalue weighted by Crippen LogP contribution is 2.42. The van der Waals surface area contributed by atoms with E-state index in [-0.39, 0.29) is 24.2 Å². The van der Waals surface area contributed by atoms with Gasteiger partial charge in [-0.2, -0.15) is 15.1 Å². The van der Waals surface area contributed by atoms with Gasteiger partial charge in [-0.15, -0.1) is 0 Å². The van der Waals surface area contributed by atoms with E-state index in [9.17, 15) is 9.90 Å². The lowest BCUT2D eigenvalue weighted by atomic mass is 9.93. The topological polar surface area (TPSA) is 132 Å². The number of aromatic nitrogens is 5. The lowest BCUT2D eigenvalue weighted by Crippen LogP contribution is -2.39. The van der Waals surface area contributed by atoms with Crippen LogP contribution in [0.25, 0.3) is 11.4 Å². The van der Waals surface area contributed by atoms with Gasteiger partial charge in [-0.3, -0.25) is 9.48 Å². The lowest BCUT2D eigenvalue weighted by molar-refractivity contribution is 0.0976. The first-order valence-electron chi connectivity index (χ1n) is 14.0. The van der Waals surface area contributed by atoms with E-state index >= 15 is 4.39 Å². The minimum absolute atomic E-state index is 0.0485. The Kier molecular flexibility index (Phi) is 6.47. The number of fused-ring (bicyclic) bond motifs is 1. The standard InChI is InChI=1S/C30H30FN7O3/c31-24-12-20(18-4-5-18)11-19-6-8-37(29(40)27(19)24)25-3-1-2-22(23(25)15-39)28-34-26(35-30(32)36-28)10-17-13-33-38(14-17)21-7-9-41-16-21/h1-3,11-14,18,21,39H,4-10,15-16H2,(H2,32,34,35,36)/t21-/m0/s1. The number of hydrogen-bond donors (Lipinski definition) is 2.